The van der Waals surface area contributed by atoms with E-state index in [9.17, 15) is 9.59 Å². The summed E-state index contributed by atoms with van der Waals surface area (Å²) in [7, 11) is 0. The van der Waals surface area contributed by atoms with Gasteiger partial charge in [0.15, 0.2) is 5.92 Å². The van der Waals surface area contributed by atoms with Crippen LogP contribution >= 0.6 is 0 Å². The zero-order valence-electron chi connectivity index (χ0n) is 9.41. The number of carbonyl (C=O) groups is 2. The quantitative estimate of drug-likeness (QED) is 0.798. The largest absolute Gasteiger partial charge is 0.481 e. The van der Waals surface area contributed by atoms with Crippen molar-refractivity contribution in [1.29, 1.82) is 0 Å². The van der Waals surface area contributed by atoms with E-state index in [1.807, 2.05) is 0 Å². The van der Waals surface area contributed by atoms with Crippen LogP contribution in [0.5, 0.6) is 0 Å². The van der Waals surface area contributed by atoms with Gasteiger partial charge in [0.1, 0.15) is 0 Å². The molecule has 1 aromatic carbocycles. The van der Waals surface area contributed by atoms with E-state index in [0.29, 0.717) is 5.56 Å². The lowest BCUT2D eigenvalue weighted by molar-refractivity contribution is -0.154. The molecule has 0 aliphatic heterocycles. The van der Waals surface area contributed by atoms with Gasteiger partial charge in [-0.25, -0.2) is 0 Å². The molecule has 0 atom stereocenters. The summed E-state index contributed by atoms with van der Waals surface area (Å²) < 4.78 is 0. The molecular weight excluding hydrogens is 234 g/mol. The summed E-state index contributed by atoms with van der Waals surface area (Å²) >= 11 is 0. The fourth-order valence-electron chi connectivity index (χ4n) is 1.85. The first-order chi connectivity index (χ1) is 8.59. The first-order valence-corrected chi connectivity index (χ1v) is 5.38. The number of hydrogen-bond donors (Lipinski definition) is 2. The first kappa shape index (κ1) is 12.0. The number of rotatable bonds is 4. The van der Waals surface area contributed by atoms with Crippen molar-refractivity contribution in [3.05, 3.63) is 42.1 Å². The molecule has 0 saturated carbocycles. The zero-order chi connectivity index (χ0) is 13.1. The molecule has 1 heterocycles. The standard InChI is InChI=1S/C13H11NO4/c15-12(16)10(13(17)18)7-8-3-1-5-11-9(8)4-2-6-14-11/h1-6,10H,7H2,(H,15,16)(H,17,18). The maximum atomic E-state index is 10.9. The van der Waals surface area contributed by atoms with E-state index in [4.69, 9.17) is 10.2 Å². The Labute approximate surface area is 103 Å². The predicted molar refractivity (Wildman–Crippen MR) is 64.2 cm³/mol. The smallest absolute Gasteiger partial charge is 0.318 e. The maximum absolute atomic E-state index is 10.9. The highest BCUT2D eigenvalue weighted by Gasteiger charge is 2.26. The van der Waals surface area contributed by atoms with Crippen molar-refractivity contribution in [3.8, 4) is 0 Å². The van der Waals surface area contributed by atoms with Crippen molar-refractivity contribution in [2.24, 2.45) is 5.92 Å². The Bertz CT molecular complexity index is 589. The first-order valence-electron chi connectivity index (χ1n) is 5.38. The molecule has 0 fully saturated rings. The second-order valence-electron chi connectivity index (χ2n) is 3.92. The van der Waals surface area contributed by atoms with E-state index < -0.39 is 17.9 Å². The molecule has 2 N–H and O–H groups in total. The lowest BCUT2D eigenvalue weighted by Crippen LogP contribution is -2.25. The van der Waals surface area contributed by atoms with Crippen LogP contribution in [-0.4, -0.2) is 27.1 Å². The van der Waals surface area contributed by atoms with E-state index in [1.54, 1.807) is 36.5 Å². The Morgan fingerprint density at radius 1 is 1.11 bits per heavy atom. The molecule has 0 radical (unpaired) electrons. The summed E-state index contributed by atoms with van der Waals surface area (Å²) in [6, 6.07) is 8.81. The summed E-state index contributed by atoms with van der Waals surface area (Å²) in [5, 5.41) is 18.5. The number of carboxylic acid groups (broad SMARTS) is 2. The van der Waals surface area contributed by atoms with Gasteiger partial charge in [0.05, 0.1) is 5.52 Å². The summed E-state index contributed by atoms with van der Waals surface area (Å²) in [5.74, 6) is -4.09. The third-order valence-corrected chi connectivity index (χ3v) is 2.76. The minimum absolute atomic E-state index is 0.0479. The van der Waals surface area contributed by atoms with Gasteiger partial charge in [-0.2, -0.15) is 0 Å². The van der Waals surface area contributed by atoms with Crippen molar-refractivity contribution in [3.63, 3.8) is 0 Å². The SMILES string of the molecule is O=C(O)C(Cc1cccc2ncccc12)C(=O)O. The number of aliphatic carboxylic acids is 2. The molecule has 5 heteroatoms. The maximum Gasteiger partial charge on any atom is 0.318 e. The normalized spacial score (nSPS) is 10.7. The van der Waals surface area contributed by atoms with E-state index in [-0.39, 0.29) is 6.42 Å². The van der Waals surface area contributed by atoms with E-state index in [2.05, 4.69) is 4.98 Å². The van der Waals surface area contributed by atoms with Gasteiger partial charge < -0.3 is 10.2 Å². The van der Waals surface area contributed by atoms with E-state index in [1.165, 1.54) is 0 Å². The Morgan fingerprint density at radius 2 is 1.83 bits per heavy atom. The Kier molecular flexibility index (Phi) is 3.23. The molecule has 0 bridgehead atoms. The average molecular weight is 245 g/mol. The molecule has 2 aromatic rings. The minimum atomic E-state index is -1.43. The fraction of sp³-hybridized carbons (Fsp3) is 0.154. The molecule has 18 heavy (non-hydrogen) atoms. The van der Waals surface area contributed by atoms with Crippen LogP contribution < -0.4 is 0 Å². The number of hydrogen-bond acceptors (Lipinski definition) is 3. The predicted octanol–water partition coefficient (Wildman–Crippen LogP) is 1.56. The van der Waals surface area contributed by atoms with Crippen LogP contribution in [0.15, 0.2) is 36.5 Å². The second-order valence-corrected chi connectivity index (χ2v) is 3.92. The van der Waals surface area contributed by atoms with Crippen LogP contribution in [0.3, 0.4) is 0 Å². The van der Waals surface area contributed by atoms with Gasteiger partial charge in [0.2, 0.25) is 0 Å². The van der Waals surface area contributed by atoms with Crippen molar-refractivity contribution in [2.75, 3.05) is 0 Å². The highest BCUT2D eigenvalue weighted by molar-refractivity contribution is 5.94. The van der Waals surface area contributed by atoms with Gasteiger partial charge in [-0.3, -0.25) is 14.6 Å². The van der Waals surface area contributed by atoms with Gasteiger partial charge in [-0.05, 0) is 24.1 Å². The number of pyridine rings is 1. The monoisotopic (exact) mass is 245 g/mol. The Hall–Kier alpha value is -2.43. The molecule has 0 aliphatic carbocycles. The summed E-state index contributed by atoms with van der Waals surface area (Å²) in [4.78, 5) is 25.9. The van der Waals surface area contributed by atoms with E-state index in [0.717, 1.165) is 10.9 Å². The average Bonchev–Trinajstić information content (AvgIpc) is 2.35. The number of benzene rings is 1. The third kappa shape index (κ3) is 2.29. The molecular formula is C13H11NO4. The Morgan fingerprint density at radius 3 is 2.50 bits per heavy atom. The molecule has 2 rings (SSSR count). The van der Waals surface area contributed by atoms with Crippen LogP contribution in [0.25, 0.3) is 10.9 Å². The lowest BCUT2D eigenvalue weighted by atomic mass is 9.96. The summed E-state index contributed by atoms with van der Waals surface area (Å²) in [6.45, 7) is 0. The van der Waals surface area contributed by atoms with Crippen molar-refractivity contribution >= 4 is 22.8 Å². The molecule has 92 valence electrons. The van der Waals surface area contributed by atoms with Gasteiger partial charge in [0.25, 0.3) is 0 Å². The Balaban J connectivity index is 2.42. The number of nitrogens with zero attached hydrogens (tertiary/aromatic N) is 1. The summed E-state index contributed by atoms with van der Waals surface area (Å²) in [6.07, 6.45) is 1.59. The number of fused-ring (bicyclic) bond motifs is 1. The fourth-order valence-corrected chi connectivity index (χ4v) is 1.85. The van der Waals surface area contributed by atoms with Crippen LogP contribution in [0.2, 0.25) is 0 Å². The molecule has 0 spiro atoms. The zero-order valence-corrected chi connectivity index (χ0v) is 9.41. The van der Waals surface area contributed by atoms with Crippen LogP contribution in [0.4, 0.5) is 0 Å². The molecule has 0 aliphatic rings. The van der Waals surface area contributed by atoms with Gasteiger partial charge in [-0.1, -0.05) is 18.2 Å². The van der Waals surface area contributed by atoms with Crippen molar-refractivity contribution in [1.82, 2.24) is 4.98 Å². The van der Waals surface area contributed by atoms with Gasteiger partial charge in [0, 0.05) is 11.6 Å². The van der Waals surface area contributed by atoms with Gasteiger partial charge >= 0.3 is 11.9 Å². The van der Waals surface area contributed by atoms with E-state index >= 15 is 0 Å². The topological polar surface area (TPSA) is 87.5 Å². The third-order valence-electron chi connectivity index (χ3n) is 2.76. The minimum Gasteiger partial charge on any atom is -0.481 e. The van der Waals surface area contributed by atoms with Gasteiger partial charge in [-0.15, -0.1) is 0 Å². The molecule has 0 amide bonds. The number of aromatic nitrogens is 1. The molecule has 0 unspecified atom stereocenters. The highest BCUT2D eigenvalue weighted by Crippen LogP contribution is 2.20. The van der Waals surface area contributed by atoms with Crippen LogP contribution in [0, 0.1) is 5.92 Å². The highest BCUT2D eigenvalue weighted by atomic mass is 16.4. The van der Waals surface area contributed by atoms with Crippen LogP contribution in [0.1, 0.15) is 5.56 Å². The molecule has 1 aromatic heterocycles. The second kappa shape index (κ2) is 4.83. The van der Waals surface area contributed by atoms with Crippen molar-refractivity contribution in [2.45, 2.75) is 6.42 Å². The molecule has 0 saturated heterocycles. The van der Waals surface area contributed by atoms with Crippen LogP contribution in [-0.2, 0) is 16.0 Å². The van der Waals surface area contributed by atoms with Crippen molar-refractivity contribution < 1.29 is 19.8 Å². The summed E-state index contributed by atoms with van der Waals surface area (Å²) in [5.41, 5.74) is 1.40. The lowest BCUT2D eigenvalue weighted by Gasteiger charge is -2.09. The molecule has 5 nitrogen and oxygen atoms in total. The number of carboxylic acids is 2.